The molecule has 0 saturated heterocycles. The van der Waals surface area contributed by atoms with Crippen molar-refractivity contribution in [2.24, 2.45) is 5.92 Å². The molecule has 2 aromatic rings. The molecular weight excluding hydrogens is 380 g/mol. The molecule has 0 heterocycles. The van der Waals surface area contributed by atoms with Crippen molar-refractivity contribution in [1.29, 1.82) is 0 Å². The standard InChI is InChI=1S/C24H32N2O2S/c1-5-22(24(28)25-15-18(2)3)26(16-20-12-10-9-11-19(20)4)23(27)17-29-21-13-7-6-8-14-21/h6-14,18,22H,5,15-17H2,1-4H3,(H,25,28)/t22-/m1/s1. The molecule has 0 aliphatic rings. The van der Waals surface area contributed by atoms with Gasteiger partial charge in [0.1, 0.15) is 6.04 Å². The Bertz CT molecular complexity index is 792. The van der Waals surface area contributed by atoms with Gasteiger partial charge < -0.3 is 10.2 Å². The van der Waals surface area contributed by atoms with Crippen molar-refractivity contribution in [1.82, 2.24) is 10.2 Å². The van der Waals surface area contributed by atoms with Gasteiger partial charge in [-0.3, -0.25) is 9.59 Å². The predicted octanol–water partition coefficient (Wildman–Crippen LogP) is 4.67. The summed E-state index contributed by atoms with van der Waals surface area (Å²) in [5, 5.41) is 3.00. The van der Waals surface area contributed by atoms with E-state index in [1.807, 2.05) is 68.4 Å². The zero-order valence-electron chi connectivity index (χ0n) is 17.9. The number of thioether (sulfide) groups is 1. The molecule has 0 aliphatic carbocycles. The Kier molecular flexibility index (Phi) is 9.26. The number of nitrogens with one attached hydrogen (secondary N) is 1. The lowest BCUT2D eigenvalue weighted by atomic mass is 10.1. The second-order valence-corrected chi connectivity index (χ2v) is 8.66. The number of hydrogen-bond acceptors (Lipinski definition) is 3. The van der Waals surface area contributed by atoms with Gasteiger partial charge >= 0.3 is 0 Å². The van der Waals surface area contributed by atoms with Gasteiger partial charge in [0.25, 0.3) is 0 Å². The van der Waals surface area contributed by atoms with Crippen LogP contribution in [0.5, 0.6) is 0 Å². The Labute approximate surface area is 179 Å². The summed E-state index contributed by atoms with van der Waals surface area (Å²) in [6, 6.07) is 17.4. The number of aryl methyl sites for hydroxylation is 1. The number of hydrogen-bond donors (Lipinski definition) is 1. The average molecular weight is 413 g/mol. The largest absolute Gasteiger partial charge is 0.354 e. The van der Waals surface area contributed by atoms with Crippen molar-refractivity contribution < 1.29 is 9.59 Å². The second-order valence-electron chi connectivity index (χ2n) is 7.61. The Morgan fingerprint density at radius 2 is 1.69 bits per heavy atom. The molecule has 0 aliphatic heterocycles. The summed E-state index contributed by atoms with van der Waals surface area (Å²) in [4.78, 5) is 28.9. The van der Waals surface area contributed by atoms with Crippen LogP contribution in [0.2, 0.25) is 0 Å². The quantitative estimate of drug-likeness (QED) is 0.577. The van der Waals surface area contributed by atoms with Gasteiger partial charge in [-0.05, 0) is 42.5 Å². The highest BCUT2D eigenvalue weighted by molar-refractivity contribution is 8.00. The third-order valence-electron chi connectivity index (χ3n) is 4.78. The van der Waals surface area contributed by atoms with E-state index in [2.05, 4.69) is 19.2 Å². The molecule has 0 bridgehead atoms. The fraction of sp³-hybridized carbons (Fsp3) is 0.417. The Morgan fingerprint density at radius 1 is 1.03 bits per heavy atom. The van der Waals surface area contributed by atoms with Crippen LogP contribution in [0.25, 0.3) is 0 Å². The van der Waals surface area contributed by atoms with E-state index in [0.717, 1.165) is 16.0 Å². The monoisotopic (exact) mass is 412 g/mol. The summed E-state index contributed by atoms with van der Waals surface area (Å²) in [7, 11) is 0. The van der Waals surface area contributed by atoms with Crippen LogP contribution in [0.4, 0.5) is 0 Å². The molecule has 1 N–H and O–H groups in total. The van der Waals surface area contributed by atoms with Gasteiger partial charge in [-0.2, -0.15) is 0 Å². The van der Waals surface area contributed by atoms with Crippen molar-refractivity contribution in [3.8, 4) is 0 Å². The molecular formula is C24H32N2O2S. The maximum atomic E-state index is 13.2. The fourth-order valence-corrected chi connectivity index (χ4v) is 3.86. The molecule has 0 unspecified atom stereocenters. The van der Waals surface area contributed by atoms with Gasteiger partial charge in [0.15, 0.2) is 0 Å². The first kappa shape index (κ1) is 23.0. The maximum Gasteiger partial charge on any atom is 0.242 e. The van der Waals surface area contributed by atoms with Crippen LogP contribution in [0.3, 0.4) is 0 Å². The van der Waals surface area contributed by atoms with Crippen LogP contribution in [0.1, 0.15) is 38.3 Å². The van der Waals surface area contributed by atoms with E-state index >= 15 is 0 Å². The third-order valence-corrected chi connectivity index (χ3v) is 5.77. The summed E-state index contributed by atoms with van der Waals surface area (Å²) in [5.74, 6) is 0.580. The Balaban J connectivity index is 2.19. The molecule has 156 valence electrons. The Morgan fingerprint density at radius 3 is 2.31 bits per heavy atom. The van der Waals surface area contributed by atoms with Crippen LogP contribution >= 0.6 is 11.8 Å². The summed E-state index contributed by atoms with van der Waals surface area (Å²) in [5.41, 5.74) is 2.19. The smallest absolute Gasteiger partial charge is 0.242 e. The first-order valence-corrected chi connectivity index (χ1v) is 11.2. The van der Waals surface area contributed by atoms with Crippen LogP contribution in [0, 0.1) is 12.8 Å². The zero-order valence-corrected chi connectivity index (χ0v) is 18.7. The van der Waals surface area contributed by atoms with E-state index < -0.39 is 6.04 Å². The van der Waals surface area contributed by atoms with Crippen molar-refractivity contribution in [2.75, 3.05) is 12.3 Å². The summed E-state index contributed by atoms with van der Waals surface area (Å²) in [6.45, 7) is 9.18. The van der Waals surface area contributed by atoms with Crippen LogP contribution in [-0.4, -0.2) is 35.1 Å². The predicted molar refractivity (Wildman–Crippen MR) is 121 cm³/mol. The van der Waals surface area contributed by atoms with Gasteiger partial charge in [0.05, 0.1) is 5.75 Å². The molecule has 2 rings (SSSR count). The summed E-state index contributed by atoms with van der Waals surface area (Å²) >= 11 is 1.51. The number of nitrogens with zero attached hydrogens (tertiary/aromatic N) is 1. The molecule has 2 amide bonds. The maximum absolute atomic E-state index is 13.2. The van der Waals surface area contributed by atoms with E-state index in [1.54, 1.807) is 4.90 Å². The zero-order chi connectivity index (χ0) is 21.2. The molecule has 0 fully saturated rings. The third kappa shape index (κ3) is 7.24. The van der Waals surface area contributed by atoms with Crippen molar-refractivity contribution in [2.45, 2.75) is 51.6 Å². The first-order valence-electron chi connectivity index (χ1n) is 10.2. The molecule has 29 heavy (non-hydrogen) atoms. The molecule has 2 aromatic carbocycles. The van der Waals surface area contributed by atoms with Gasteiger partial charge in [-0.25, -0.2) is 0 Å². The molecule has 0 saturated carbocycles. The lowest BCUT2D eigenvalue weighted by Gasteiger charge is -2.31. The summed E-state index contributed by atoms with van der Waals surface area (Å²) in [6.07, 6.45) is 0.581. The fourth-order valence-electron chi connectivity index (χ4n) is 3.06. The van der Waals surface area contributed by atoms with E-state index in [0.29, 0.717) is 31.2 Å². The minimum atomic E-state index is -0.475. The van der Waals surface area contributed by atoms with E-state index in [4.69, 9.17) is 0 Å². The number of carbonyl (C=O) groups is 2. The molecule has 0 spiro atoms. The normalized spacial score (nSPS) is 11.9. The number of carbonyl (C=O) groups excluding carboxylic acids is 2. The molecule has 0 aromatic heterocycles. The van der Waals surface area contributed by atoms with E-state index in [9.17, 15) is 9.59 Å². The SMILES string of the molecule is CC[C@H](C(=O)NCC(C)C)N(Cc1ccccc1C)C(=O)CSc1ccccc1. The van der Waals surface area contributed by atoms with Crippen molar-refractivity contribution >= 4 is 23.6 Å². The highest BCUT2D eigenvalue weighted by atomic mass is 32.2. The van der Waals surface area contributed by atoms with E-state index in [1.165, 1.54) is 11.8 Å². The average Bonchev–Trinajstić information content (AvgIpc) is 2.72. The van der Waals surface area contributed by atoms with Gasteiger partial charge in [-0.15, -0.1) is 11.8 Å². The van der Waals surface area contributed by atoms with Crippen LogP contribution in [-0.2, 0) is 16.1 Å². The number of benzene rings is 2. The van der Waals surface area contributed by atoms with Crippen molar-refractivity contribution in [3.63, 3.8) is 0 Å². The second kappa shape index (κ2) is 11.7. The van der Waals surface area contributed by atoms with E-state index in [-0.39, 0.29) is 11.8 Å². The van der Waals surface area contributed by atoms with Crippen molar-refractivity contribution in [3.05, 3.63) is 65.7 Å². The highest BCUT2D eigenvalue weighted by Crippen LogP contribution is 2.21. The highest BCUT2D eigenvalue weighted by Gasteiger charge is 2.28. The van der Waals surface area contributed by atoms with Crippen LogP contribution < -0.4 is 5.32 Å². The van der Waals surface area contributed by atoms with Gasteiger partial charge in [-0.1, -0.05) is 63.2 Å². The Hall–Kier alpha value is -2.27. The lowest BCUT2D eigenvalue weighted by molar-refractivity contribution is -0.139. The molecule has 0 radical (unpaired) electrons. The molecule has 1 atom stereocenters. The number of rotatable bonds is 10. The summed E-state index contributed by atoms with van der Waals surface area (Å²) < 4.78 is 0. The minimum absolute atomic E-state index is 0.0198. The van der Waals surface area contributed by atoms with Crippen LogP contribution in [0.15, 0.2) is 59.5 Å². The minimum Gasteiger partial charge on any atom is -0.354 e. The first-order chi connectivity index (χ1) is 13.9. The molecule has 5 heteroatoms. The van der Waals surface area contributed by atoms with Gasteiger partial charge in [0, 0.05) is 18.0 Å². The molecule has 4 nitrogen and oxygen atoms in total. The lowest BCUT2D eigenvalue weighted by Crippen LogP contribution is -2.50. The number of amides is 2. The van der Waals surface area contributed by atoms with Gasteiger partial charge in [0.2, 0.25) is 11.8 Å². The topological polar surface area (TPSA) is 49.4 Å².